The molecule has 0 aliphatic heterocycles. The molecule has 0 radical (unpaired) electrons. The molecule has 2 N–H and O–H groups in total. The molecule has 0 spiro atoms. The van der Waals surface area contributed by atoms with Gasteiger partial charge in [0.1, 0.15) is 0 Å². The zero-order valence-electron chi connectivity index (χ0n) is 12.0. The van der Waals surface area contributed by atoms with E-state index in [9.17, 15) is 4.79 Å². The molecule has 1 aromatic carbocycles. The molecule has 2 atom stereocenters. The number of benzene rings is 1. The molecule has 0 bridgehead atoms. The summed E-state index contributed by atoms with van der Waals surface area (Å²) < 4.78 is 0. The Balaban J connectivity index is 1.74. The Morgan fingerprint density at radius 2 is 1.95 bits per heavy atom. The van der Waals surface area contributed by atoms with E-state index in [0.29, 0.717) is 5.92 Å². The highest BCUT2D eigenvalue weighted by atomic mass is 16.4. The highest BCUT2D eigenvalue weighted by Crippen LogP contribution is 2.37. The second-order valence-corrected chi connectivity index (χ2v) is 5.76. The summed E-state index contributed by atoms with van der Waals surface area (Å²) in [5, 5.41) is 12.2. The van der Waals surface area contributed by atoms with Crippen LogP contribution in [0.4, 0.5) is 0 Å². The van der Waals surface area contributed by atoms with Crippen LogP contribution in [-0.4, -0.2) is 24.2 Å². The van der Waals surface area contributed by atoms with Crippen LogP contribution in [0.25, 0.3) is 0 Å². The zero-order valence-corrected chi connectivity index (χ0v) is 12.0. The lowest BCUT2D eigenvalue weighted by molar-refractivity contribution is -0.138. The van der Waals surface area contributed by atoms with Crippen LogP contribution in [0.15, 0.2) is 12.1 Å². The van der Waals surface area contributed by atoms with Crippen molar-refractivity contribution in [1.29, 1.82) is 0 Å². The van der Waals surface area contributed by atoms with E-state index in [2.05, 4.69) is 38.2 Å². The van der Waals surface area contributed by atoms with Crippen LogP contribution in [0, 0.1) is 32.6 Å². The second-order valence-electron chi connectivity index (χ2n) is 5.76. The number of hydrogen-bond acceptors (Lipinski definition) is 2. The lowest BCUT2D eigenvalue weighted by atomic mass is 9.99. The van der Waals surface area contributed by atoms with Gasteiger partial charge in [-0.2, -0.15) is 0 Å². The van der Waals surface area contributed by atoms with Gasteiger partial charge in [0.25, 0.3) is 0 Å². The average molecular weight is 261 g/mol. The fourth-order valence-electron chi connectivity index (χ4n) is 2.58. The van der Waals surface area contributed by atoms with Crippen LogP contribution >= 0.6 is 0 Å². The molecule has 1 fully saturated rings. The van der Waals surface area contributed by atoms with E-state index in [1.165, 1.54) is 22.3 Å². The van der Waals surface area contributed by atoms with Crippen LogP contribution in [0.2, 0.25) is 0 Å². The van der Waals surface area contributed by atoms with E-state index in [0.717, 1.165) is 25.9 Å². The SMILES string of the molecule is Cc1cc(C)c(CCNCC2CC2C(=O)O)cc1C. The average Bonchev–Trinajstić information content (AvgIpc) is 3.10. The van der Waals surface area contributed by atoms with Crippen molar-refractivity contribution in [3.63, 3.8) is 0 Å². The molecule has 1 saturated carbocycles. The Bertz CT molecular complexity index is 482. The molecule has 19 heavy (non-hydrogen) atoms. The highest BCUT2D eigenvalue weighted by Gasteiger charge is 2.42. The standard InChI is InChI=1S/C16H23NO2/c1-10-6-12(3)13(7-11(10)2)4-5-17-9-14-8-15(14)16(18)19/h6-7,14-15,17H,4-5,8-9H2,1-3H3,(H,18,19). The molecular formula is C16H23NO2. The van der Waals surface area contributed by atoms with E-state index >= 15 is 0 Å². The van der Waals surface area contributed by atoms with Crippen LogP contribution in [0.1, 0.15) is 28.7 Å². The van der Waals surface area contributed by atoms with Crippen LogP contribution in [0.5, 0.6) is 0 Å². The van der Waals surface area contributed by atoms with Gasteiger partial charge in [-0.05, 0) is 74.9 Å². The number of carbonyl (C=O) groups is 1. The molecule has 1 aliphatic carbocycles. The predicted molar refractivity (Wildman–Crippen MR) is 76.5 cm³/mol. The maximum Gasteiger partial charge on any atom is 0.306 e. The molecule has 3 nitrogen and oxygen atoms in total. The fourth-order valence-corrected chi connectivity index (χ4v) is 2.58. The maximum absolute atomic E-state index is 10.7. The molecule has 2 unspecified atom stereocenters. The second kappa shape index (κ2) is 5.74. The number of carboxylic acids is 1. The third kappa shape index (κ3) is 3.57. The van der Waals surface area contributed by atoms with Gasteiger partial charge >= 0.3 is 5.97 Å². The van der Waals surface area contributed by atoms with E-state index in [4.69, 9.17) is 5.11 Å². The van der Waals surface area contributed by atoms with Gasteiger partial charge in [0.15, 0.2) is 0 Å². The summed E-state index contributed by atoms with van der Waals surface area (Å²) in [7, 11) is 0. The van der Waals surface area contributed by atoms with Crippen LogP contribution in [-0.2, 0) is 11.2 Å². The third-order valence-corrected chi connectivity index (χ3v) is 4.17. The summed E-state index contributed by atoms with van der Waals surface area (Å²) in [5.74, 6) is -0.397. The first-order valence-electron chi connectivity index (χ1n) is 6.99. The maximum atomic E-state index is 10.7. The predicted octanol–water partition coefficient (Wildman–Crippen LogP) is 2.46. The summed E-state index contributed by atoms with van der Waals surface area (Å²) in [4.78, 5) is 10.7. The van der Waals surface area contributed by atoms with Gasteiger partial charge < -0.3 is 10.4 Å². The summed E-state index contributed by atoms with van der Waals surface area (Å²) in [6.07, 6.45) is 1.85. The van der Waals surface area contributed by atoms with Crippen molar-refractivity contribution in [2.24, 2.45) is 11.8 Å². The minimum atomic E-state index is -0.642. The Kier molecular flexibility index (Phi) is 4.25. The van der Waals surface area contributed by atoms with Crippen molar-refractivity contribution < 1.29 is 9.90 Å². The zero-order chi connectivity index (χ0) is 14.0. The number of carboxylic acid groups (broad SMARTS) is 1. The number of hydrogen-bond donors (Lipinski definition) is 2. The van der Waals surface area contributed by atoms with Crippen molar-refractivity contribution in [1.82, 2.24) is 5.32 Å². The van der Waals surface area contributed by atoms with Gasteiger partial charge in [-0.3, -0.25) is 4.79 Å². The van der Waals surface area contributed by atoms with E-state index in [1.807, 2.05) is 0 Å². The first-order valence-corrected chi connectivity index (χ1v) is 6.99. The molecular weight excluding hydrogens is 238 g/mol. The highest BCUT2D eigenvalue weighted by molar-refractivity contribution is 5.73. The van der Waals surface area contributed by atoms with Gasteiger partial charge in [0, 0.05) is 0 Å². The lowest BCUT2D eigenvalue weighted by Crippen LogP contribution is -2.21. The largest absolute Gasteiger partial charge is 0.481 e. The van der Waals surface area contributed by atoms with Gasteiger partial charge in [-0.15, -0.1) is 0 Å². The molecule has 104 valence electrons. The van der Waals surface area contributed by atoms with Gasteiger partial charge in [0.05, 0.1) is 5.92 Å². The van der Waals surface area contributed by atoms with Crippen LogP contribution in [0.3, 0.4) is 0 Å². The normalized spacial score (nSPS) is 21.4. The lowest BCUT2D eigenvalue weighted by Gasteiger charge is -2.10. The number of aryl methyl sites for hydroxylation is 3. The summed E-state index contributed by atoms with van der Waals surface area (Å²) in [5.41, 5.74) is 5.42. The minimum Gasteiger partial charge on any atom is -0.481 e. The summed E-state index contributed by atoms with van der Waals surface area (Å²) in [6, 6.07) is 4.51. The molecule has 1 aliphatic rings. The molecule has 0 heterocycles. The molecule has 2 rings (SSSR count). The van der Waals surface area contributed by atoms with Gasteiger partial charge in [-0.1, -0.05) is 12.1 Å². The van der Waals surface area contributed by atoms with Crippen molar-refractivity contribution in [2.75, 3.05) is 13.1 Å². The van der Waals surface area contributed by atoms with Crippen LogP contribution < -0.4 is 5.32 Å². The van der Waals surface area contributed by atoms with E-state index in [-0.39, 0.29) is 5.92 Å². The summed E-state index contributed by atoms with van der Waals surface area (Å²) >= 11 is 0. The first-order chi connectivity index (χ1) is 8.99. The Morgan fingerprint density at radius 3 is 2.58 bits per heavy atom. The molecule has 0 aromatic heterocycles. The molecule has 0 saturated heterocycles. The first kappa shape index (κ1) is 14.1. The Morgan fingerprint density at radius 1 is 1.26 bits per heavy atom. The number of rotatable bonds is 6. The minimum absolute atomic E-state index is 0.101. The molecule has 0 amide bonds. The van der Waals surface area contributed by atoms with E-state index < -0.39 is 5.97 Å². The topological polar surface area (TPSA) is 49.3 Å². The monoisotopic (exact) mass is 261 g/mol. The van der Waals surface area contributed by atoms with Crippen molar-refractivity contribution >= 4 is 5.97 Å². The number of nitrogens with one attached hydrogen (secondary N) is 1. The molecule has 3 heteroatoms. The van der Waals surface area contributed by atoms with Crippen molar-refractivity contribution in [2.45, 2.75) is 33.6 Å². The van der Waals surface area contributed by atoms with Crippen molar-refractivity contribution in [3.05, 3.63) is 34.4 Å². The Labute approximate surface area is 115 Å². The Hall–Kier alpha value is -1.35. The smallest absolute Gasteiger partial charge is 0.306 e. The van der Waals surface area contributed by atoms with Crippen molar-refractivity contribution in [3.8, 4) is 0 Å². The summed E-state index contributed by atoms with van der Waals surface area (Å²) in [6.45, 7) is 8.20. The van der Waals surface area contributed by atoms with E-state index in [1.54, 1.807) is 0 Å². The number of aliphatic carboxylic acids is 1. The van der Waals surface area contributed by atoms with Gasteiger partial charge in [0.2, 0.25) is 0 Å². The quantitative estimate of drug-likeness (QED) is 0.773. The molecule has 1 aromatic rings. The fraction of sp³-hybridized carbons (Fsp3) is 0.562. The van der Waals surface area contributed by atoms with Gasteiger partial charge in [-0.25, -0.2) is 0 Å². The third-order valence-electron chi connectivity index (χ3n) is 4.17.